The molecule has 154 valence electrons. The van der Waals surface area contributed by atoms with Crippen molar-refractivity contribution in [3.8, 4) is 0 Å². The summed E-state index contributed by atoms with van der Waals surface area (Å²) in [5, 5.41) is 32.3. The molecule has 0 saturated carbocycles. The number of β-lactam (4-membered cyclic amide) rings is 1. The molecule has 2 aliphatic rings. The van der Waals surface area contributed by atoms with Gasteiger partial charge in [-0.2, -0.15) is 0 Å². The van der Waals surface area contributed by atoms with E-state index in [1.54, 1.807) is 0 Å². The Kier molecular flexibility index (Phi) is 5.99. The molecule has 1 fully saturated rings. The van der Waals surface area contributed by atoms with Crippen molar-refractivity contribution in [2.75, 3.05) is 17.2 Å². The molecule has 12 nitrogen and oxygen atoms in total. The molecule has 3 rings (SSSR count). The van der Waals surface area contributed by atoms with Crippen LogP contribution in [0.3, 0.4) is 0 Å². The average molecular weight is 458 g/mol. The number of carbonyl (C=O) groups is 3. The number of amides is 2. The van der Waals surface area contributed by atoms with Crippen molar-refractivity contribution in [1.29, 1.82) is 5.41 Å². The molecule has 0 aliphatic carbocycles. The Bertz CT molecular complexity index is 959. The summed E-state index contributed by atoms with van der Waals surface area (Å²) in [5.74, 6) is -2.46. The number of nitrogen functional groups attached to an aromatic ring is 1. The number of aliphatic carboxylic acids is 1. The van der Waals surface area contributed by atoms with Crippen molar-refractivity contribution in [3.05, 3.63) is 21.7 Å². The van der Waals surface area contributed by atoms with Crippen molar-refractivity contribution in [1.82, 2.24) is 15.2 Å². The zero-order chi connectivity index (χ0) is 21.3. The van der Waals surface area contributed by atoms with Crippen molar-refractivity contribution in [2.24, 2.45) is 10.9 Å². The third kappa shape index (κ3) is 4.01. The minimum atomic E-state index is -1.28. The molecule has 0 bridgehead atoms. The number of oxime groups is 1. The number of aromatic nitrogens is 1. The molecule has 1 saturated heterocycles. The van der Waals surface area contributed by atoms with Gasteiger partial charge in [0.15, 0.2) is 10.8 Å². The maximum atomic E-state index is 12.6. The Labute approximate surface area is 175 Å². The number of amidine groups is 1. The summed E-state index contributed by atoms with van der Waals surface area (Å²) in [6.07, 6.45) is 0. The van der Waals surface area contributed by atoms with Crippen LogP contribution in [0.25, 0.3) is 0 Å². The SMILES string of the molecule is N=C(N)CSC1=C(C(=O)O)N2C(=O)C(NC(=O)/C(=N\O)c3csc(N)n3)[C@H]2SC1. The highest BCUT2D eigenvalue weighted by molar-refractivity contribution is 8.06. The molecule has 2 aliphatic heterocycles. The Morgan fingerprint density at radius 2 is 2.24 bits per heavy atom. The number of hydrogen-bond donors (Lipinski definition) is 6. The summed E-state index contributed by atoms with van der Waals surface area (Å²) in [5.41, 5.74) is 10.3. The molecule has 2 atom stereocenters. The maximum Gasteiger partial charge on any atom is 0.353 e. The van der Waals surface area contributed by atoms with Crippen LogP contribution < -0.4 is 16.8 Å². The summed E-state index contributed by atoms with van der Waals surface area (Å²) < 4.78 is 0. The number of hydrogen-bond acceptors (Lipinski definition) is 11. The molecular weight excluding hydrogens is 442 g/mol. The fourth-order valence-corrected chi connectivity index (χ4v) is 5.62. The van der Waals surface area contributed by atoms with Gasteiger partial charge in [-0.1, -0.05) is 5.16 Å². The Morgan fingerprint density at radius 3 is 2.79 bits per heavy atom. The molecule has 3 heterocycles. The number of fused-ring (bicyclic) bond motifs is 1. The molecule has 0 spiro atoms. The van der Waals surface area contributed by atoms with Crippen LogP contribution in [-0.4, -0.2) is 72.5 Å². The van der Waals surface area contributed by atoms with Gasteiger partial charge in [-0.05, 0) is 0 Å². The number of anilines is 1. The van der Waals surface area contributed by atoms with E-state index in [4.69, 9.17) is 22.1 Å². The average Bonchev–Trinajstić information content (AvgIpc) is 3.09. The smallest absolute Gasteiger partial charge is 0.353 e. The summed E-state index contributed by atoms with van der Waals surface area (Å²) >= 11 is 3.40. The van der Waals surface area contributed by atoms with Crippen LogP contribution in [0.15, 0.2) is 21.1 Å². The van der Waals surface area contributed by atoms with Crippen molar-refractivity contribution >= 4 is 69.3 Å². The van der Waals surface area contributed by atoms with Crippen LogP contribution in [0, 0.1) is 5.41 Å². The molecule has 29 heavy (non-hydrogen) atoms. The largest absolute Gasteiger partial charge is 0.477 e. The summed E-state index contributed by atoms with van der Waals surface area (Å²) in [6.45, 7) is 0. The molecule has 1 unspecified atom stereocenters. The summed E-state index contributed by atoms with van der Waals surface area (Å²) in [6, 6.07) is -0.992. The number of rotatable bonds is 7. The number of carboxylic acids is 1. The van der Waals surface area contributed by atoms with E-state index in [1.165, 1.54) is 17.1 Å². The van der Waals surface area contributed by atoms with E-state index < -0.39 is 34.9 Å². The number of thiazole rings is 1. The number of carbonyl (C=O) groups excluding carboxylic acids is 2. The molecule has 2 amide bonds. The second kappa shape index (κ2) is 8.30. The second-order valence-corrected chi connectivity index (χ2v) is 8.84. The predicted molar refractivity (Wildman–Crippen MR) is 109 cm³/mol. The highest BCUT2D eigenvalue weighted by Crippen LogP contribution is 2.43. The molecule has 8 N–H and O–H groups in total. The van der Waals surface area contributed by atoms with Crippen LogP contribution in [0.4, 0.5) is 5.13 Å². The lowest BCUT2D eigenvalue weighted by Gasteiger charge is -2.49. The number of nitrogens with one attached hydrogen (secondary N) is 2. The molecule has 0 aromatic carbocycles. The lowest BCUT2D eigenvalue weighted by molar-refractivity contribution is -0.150. The topological polar surface area (TPSA) is 208 Å². The lowest BCUT2D eigenvalue weighted by Crippen LogP contribution is -2.71. The molecule has 15 heteroatoms. The number of nitrogens with zero attached hydrogens (tertiary/aromatic N) is 3. The van der Waals surface area contributed by atoms with Crippen molar-refractivity contribution in [2.45, 2.75) is 11.4 Å². The lowest BCUT2D eigenvalue weighted by atomic mass is 10.0. The summed E-state index contributed by atoms with van der Waals surface area (Å²) in [7, 11) is 0. The monoisotopic (exact) mass is 457 g/mol. The van der Waals surface area contributed by atoms with Gasteiger partial charge in [0, 0.05) is 16.0 Å². The first kappa shape index (κ1) is 20.9. The fraction of sp³-hybridized carbons (Fsp3) is 0.286. The van der Waals surface area contributed by atoms with Gasteiger partial charge in [0.2, 0.25) is 0 Å². The minimum absolute atomic E-state index is 0.0569. The standard InChI is InChI=1S/C14H15N7O5S3/c15-6(16)3-27-5-2-28-12-8(11(23)21(12)9(5)13(24)25)19-10(22)7(20-26)4-1-29-14(17)18-4/h1,8,12,26H,2-3H2,(H3,15,16)(H2,17,18)(H,19,22)(H,24,25)/b20-7-/t8?,12-/m1/s1. The maximum absolute atomic E-state index is 12.6. The zero-order valence-corrected chi connectivity index (χ0v) is 16.9. The first-order valence-electron chi connectivity index (χ1n) is 7.85. The molecule has 0 radical (unpaired) electrons. The van der Waals surface area contributed by atoms with Crippen molar-refractivity contribution in [3.63, 3.8) is 0 Å². The van der Waals surface area contributed by atoms with Gasteiger partial charge in [0.05, 0.1) is 5.75 Å². The van der Waals surface area contributed by atoms with Gasteiger partial charge in [0.1, 0.15) is 28.6 Å². The van der Waals surface area contributed by atoms with E-state index in [9.17, 15) is 19.5 Å². The van der Waals surface area contributed by atoms with Gasteiger partial charge < -0.3 is 27.1 Å². The highest BCUT2D eigenvalue weighted by Gasteiger charge is 2.54. The molecular formula is C14H15N7O5S3. The van der Waals surface area contributed by atoms with Gasteiger partial charge in [-0.25, -0.2) is 9.78 Å². The highest BCUT2D eigenvalue weighted by atomic mass is 32.2. The number of nitrogens with two attached hydrogens (primary N) is 2. The van der Waals surface area contributed by atoms with Crippen LogP contribution in [0.2, 0.25) is 0 Å². The van der Waals surface area contributed by atoms with E-state index >= 15 is 0 Å². The quantitative estimate of drug-likeness (QED) is 0.0993. The Balaban J connectivity index is 1.76. The Morgan fingerprint density at radius 1 is 1.52 bits per heavy atom. The fourth-order valence-electron chi connectivity index (χ4n) is 2.69. The van der Waals surface area contributed by atoms with E-state index in [1.807, 2.05) is 0 Å². The third-order valence-electron chi connectivity index (χ3n) is 3.90. The van der Waals surface area contributed by atoms with E-state index in [-0.39, 0.29) is 33.9 Å². The van der Waals surface area contributed by atoms with Crippen molar-refractivity contribution < 1.29 is 24.7 Å². The zero-order valence-electron chi connectivity index (χ0n) is 14.5. The molecule has 1 aromatic heterocycles. The van der Waals surface area contributed by atoms with Crippen LogP contribution in [0.1, 0.15) is 5.69 Å². The minimum Gasteiger partial charge on any atom is -0.477 e. The Hall–Kier alpha value is -2.78. The summed E-state index contributed by atoms with van der Waals surface area (Å²) in [4.78, 5) is 42.1. The normalized spacial score (nSPS) is 21.4. The number of carboxylic acid groups (broad SMARTS) is 1. The van der Waals surface area contributed by atoms with Crippen LogP contribution in [0.5, 0.6) is 0 Å². The second-order valence-electron chi connectivity index (χ2n) is 5.77. The number of thioether (sulfide) groups is 2. The molecule has 1 aromatic rings. The predicted octanol–water partition coefficient (Wildman–Crippen LogP) is -0.731. The van der Waals surface area contributed by atoms with Gasteiger partial charge in [-0.3, -0.25) is 19.9 Å². The first-order valence-corrected chi connectivity index (χ1v) is 10.8. The van der Waals surface area contributed by atoms with Gasteiger partial charge in [0.25, 0.3) is 11.8 Å². The van der Waals surface area contributed by atoms with Gasteiger partial charge in [-0.15, -0.1) is 34.9 Å². The van der Waals surface area contributed by atoms with Gasteiger partial charge >= 0.3 is 5.97 Å². The van der Waals surface area contributed by atoms with E-state index in [2.05, 4.69) is 15.5 Å². The van der Waals surface area contributed by atoms with E-state index in [0.717, 1.165) is 28.0 Å². The third-order valence-corrected chi connectivity index (χ3v) is 7.18. The van der Waals surface area contributed by atoms with Crippen LogP contribution >= 0.6 is 34.9 Å². The van der Waals surface area contributed by atoms with Crippen LogP contribution in [-0.2, 0) is 14.4 Å². The first-order chi connectivity index (χ1) is 13.7. The van der Waals surface area contributed by atoms with E-state index in [0.29, 0.717) is 4.91 Å².